The van der Waals surface area contributed by atoms with E-state index < -0.39 is 29.0 Å². The van der Waals surface area contributed by atoms with Crippen LogP contribution in [0.1, 0.15) is 74.2 Å². The van der Waals surface area contributed by atoms with Crippen molar-refractivity contribution in [2.75, 3.05) is 6.61 Å². The van der Waals surface area contributed by atoms with E-state index in [2.05, 4.69) is 19.1 Å². The summed E-state index contributed by atoms with van der Waals surface area (Å²) in [5.74, 6) is -2.40. The predicted octanol–water partition coefficient (Wildman–Crippen LogP) is 8.15. The fourth-order valence-electron chi connectivity index (χ4n) is 5.75. The molecule has 6 heteroatoms. The highest BCUT2D eigenvalue weighted by Gasteiger charge is 2.36. The minimum Gasteiger partial charge on any atom is -0.486 e. The lowest BCUT2D eigenvalue weighted by atomic mass is 9.64. The molecule has 4 rings (SSSR count). The SMILES string of the molecule is C/C=C/COc1ccc(OC(=O)c2ccc(C3CCC4CC(/C=C/C)CCC4C3)c(F)c2F)cc1F. The Morgan fingerprint density at radius 1 is 0.944 bits per heavy atom. The Kier molecular flexibility index (Phi) is 8.55. The molecule has 2 saturated carbocycles. The molecular weight excluding hydrogens is 465 g/mol. The predicted molar refractivity (Wildman–Crippen MR) is 134 cm³/mol. The van der Waals surface area contributed by atoms with E-state index in [0.717, 1.165) is 38.2 Å². The summed E-state index contributed by atoms with van der Waals surface area (Å²) in [4.78, 5) is 12.6. The third kappa shape index (κ3) is 5.85. The second-order valence-electron chi connectivity index (χ2n) is 9.82. The third-order valence-corrected chi connectivity index (χ3v) is 7.57. The summed E-state index contributed by atoms with van der Waals surface area (Å²) in [5, 5.41) is 0. The molecule has 0 amide bonds. The average Bonchev–Trinajstić information content (AvgIpc) is 2.87. The van der Waals surface area contributed by atoms with Crippen LogP contribution in [0.5, 0.6) is 11.5 Å². The van der Waals surface area contributed by atoms with Gasteiger partial charge >= 0.3 is 5.97 Å². The maximum absolute atomic E-state index is 15.1. The highest BCUT2D eigenvalue weighted by molar-refractivity contribution is 5.91. The molecule has 4 atom stereocenters. The molecule has 2 aromatic rings. The lowest BCUT2D eigenvalue weighted by Gasteiger charge is -2.42. The van der Waals surface area contributed by atoms with Gasteiger partial charge in [-0.25, -0.2) is 18.0 Å². The van der Waals surface area contributed by atoms with Crippen LogP contribution in [0.2, 0.25) is 0 Å². The van der Waals surface area contributed by atoms with E-state index in [1.54, 1.807) is 12.2 Å². The summed E-state index contributed by atoms with van der Waals surface area (Å²) < 4.78 is 54.7. The van der Waals surface area contributed by atoms with Gasteiger partial charge in [0.1, 0.15) is 12.4 Å². The van der Waals surface area contributed by atoms with Crippen LogP contribution < -0.4 is 9.47 Å². The van der Waals surface area contributed by atoms with Gasteiger partial charge in [-0.2, -0.15) is 0 Å². The number of carbonyl (C=O) groups is 1. The minimum absolute atomic E-state index is 0.000451. The monoisotopic (exact) mass is 498 g/mol. The molecular formula is C30H33F3O3. The van der Waals surface area contributed by atoms with Gasteiger partial charge < -0.3 is 9.47 Å². The molecule has 0 aliphatic heterocycles. The van der Waals surface area contributed by atoms with E-state index in [-0.39, 0.29) is 24.0 Å². The van der Waals surface area contributed by atoms with Crippen molar-refractivity contribution in [2.45, 2.75) is 58.3 Å². The largest absolute Gasteiger partial charge is 0.486 e. The van der Waals surface area contributed by atoms with Crippen LogP contribution in [0.25, 0.3) is 0 Å². The van der Waals surface area contributed by atoms with Crippen LogP contribution in [-0.2, 0) is 0 Å². The first-order valence-electron chi connectivity index (χ1n) is 12.8. The standard InChI is InChI=1S/C30H33F3O3/c1-3-5-15-35-27-14-11-23(18-26(27)31)36-30(34)25-13-12-24(28(32)29(25)33)22-10-9-20-16-19(6-4-2)7-8-21(20)17-22/h3-6,11-14,18-22H,7-10,15-17H2,1-2H3/b5-3+,6-4+. The van der Waals surface area contributed by atoms with E-state index in [0.29, 0.717) is 23.3 Å². The molecule has 0 N–H and O–H groups in total. The highest BCUT2D eigenvalue weighted by atomic mass is 19.2. The number of halogens is 3. The lowest BCUT2D eigenvalue weighted by molar-refractivity contribution is 0.0727. The van der Waals surface area contributed by atoms with Crippen molar-refractivity contribution in [3.05, 3.63) is 83.2 Å². The number of allylic oxidation sites excluding steroid dienone is 3. The van der Waals surface area contributed by atoms with E-state index in [1.807, 2.05) is 6.92 Å². The Bertz CT molecular complexity index is 1140. The first-order chi connectivity index (χ1) is 17.4. The number of rotatable bonds is 7. The average molecular weight is 499 g/mol. The molecule has 0 heterocycles. The number of esters is 1. The maximum Gasteiger partial charge on any atom is 0.346 e. The van der Waals surface area contributed by atoms with Crippen LogP contribution in [-0.4, -0.2) is 12.6 Å². The molecule has 2 aliphatic carbocycles. The zero-order valence-electron chi connectivity index (χ0n) is 20.8. The quantitative estimate of drug-likeness (QED) is 0.219. The lowest BCUT2D eigenvalue weighted by Crippen LogP contribution is -2.30. The van der Waals surface area contributed by atoms with Gasteiger partial charge in [-0.1, -0.05) is 30.4 Å². The van der Waals surface area contributed by atoms with Gasteiger partial charge in [0.2, 0.25) is 0 Å². The topological polar surface area (TPSA) is 35.5 Å². The Morgan fingerprint density at radius 3 is 2.47 bits per heavy atom. The van der Waals surface area contributed by atoms with Gasteiger partial charge in [-0.15, -0.1) is 0 Å². The van der Waals surface area contributed by atoms with Crippen molar-refractivity contribution >= 4 is 5.97 Å². The van der Waals surface area contributed by atoms with Crippen molar-refractivity contribution in [2.24, 2.45) is 17.8 Å². The van der Waals surface area contributed by atoms with Crippen molar-refractivity contribution < 1.29 is 27.4 Å². The number of hydrogen-bond acceptors (Lipinski definition) is 3. The number of fused-ring (bicyclic) bond motifs is 1. The van der Waals surface area contributed by atoms with Crippen LogP contribution >= 0.6 is 0 Å². The molecule has 2 aliphatic rings. The Hall–Kier alpha value is -3.02. The fourth-order valence-corrected chi connectivity index (χ4v) is 5.75. The van der Waals surface area contributed by atoms with Gasteiger partial charge in [0.25, 0.3) is 0 Å². The smallest absolute Gasteiger partial charge is 0.346 e. The van der Waals surface area contributed by atoms with Crippen LogP contribution in [0, 0.1) is 35.2 Å². The second-order valence-corrected chi connectivity index (χ2v) is 9.82. The van der Waals surface area contributed by atoms with Gasteiger partial charge in [0.15, 0.2) is 23.2 Å². The summed E-state index contributed by atoms with van der Waals surface area (Å²) >= 11 is 0. The second kappa shape index (κ2) is 11.8. The van der Waals surface area contributed by atoms with Crippen molar-refractivity contribution in [1.82, 2.24) is 0 Å². The Labute approximate surface area is 211 Å². The summed E-state index contributed by atoms with van der Waals surface area (Å²) in [6.45, 7) is 4.07. The molecule has 36 heavy (non-hydrogen) atoms. The molecule has 192 valence electrons. The minimum atomic E-state index is -1.22. The fraction of sp³-hybridized carbons (Fsp3) is 0.433. The van der Waals surface area contributed by atoms with Crippen LogP contribution in [0.4, 0.5) is 13.2 Å². The molecule has 0 saturated heterocycles. The van der Waals surface area contributed by atoms with Crippen molar-refractivity contribution in [3.63, 3.8) is 0 Å². The molecule has 2 aromatic carbocycles. The van der Waals surface area contributed by atoms with Gasteiger partial charge in [0.05, 0.1) is 5.56 Å². The summed E-state index contributed by atoms with van der Waals surface area (Å²) in [5.41, 5.74) is -0.183. The van der Waals surface area contributed by atoms with Crippen molar-refractivity contribution in [1.29, 1.82) is 0 Å². The normalized spacial score (nSPS) is 24.1. The zero-order valence-corrected chi connectivity index (χ0v) is 20.8. The van der Waals surface area contributed by atoms with E-state index in [9.17, 15) is 13.6 Å². The van der Waals surface area contributed by atoms with Gasteiger partial charge in [-0.3, -0.25) is 0 Å². The number of carbonyl (C=O) groups excluding carboxylic acids is 1. The summed E-state index contributed by atoms with van der Waals surface area (Å²) in [6.07, 6.45) is 14.0. The van der Waals surface area contributed by atoms with E-state index in [4.69, 9.17) is 9.47 Å². The van der Waals surface area contributed by atoms with E-state index in [1.165, 1.54) is 30.7 Å². The summed E-state index contributed by atoms with van der Waals surface area (Å²) in [7, 11) is 0. The van der Waals surface area contributed by atoms with Crippen molar-refractivity contribution in [3.8, 4) is 11.5 Å². The maximum atomic E-state index is 15.1. The third-order valence-electron chi connectivity index (χ3n) is 7.57. The van der Waals surface area contributed by atoms with Crippen LogP contribution in [0.15, 0.2) is 54.6 Å². The molecule has 2 fully saturated rings. The summed E-state index contributed by atoms with van der Waals surface area (Å²) in [6, 6.07) is 6.43. The zero-order chi connectivity index (χ0) is 25.7. The number of ether oxygens (including phenoxy) is 2. The number of hydrogen-bond donors (Lipinski definition) is 0. The van der Waals surface area contributed by atoms with Gasteiger partial charge in [0, 0.05) is 6.07 Å². The molecule has 0 aromatic heterocycles. The molecule has 0 radical (unpaired) electrons. The molecule has 3 nitrogen and oxygen atoms in total. The van der Waals surface area contributed by atoms with Crippen LogP contribution in [0.3, 0.4) is 0 Å². The molecule has 4 unspecified atom stereocenters. The number of benzene rings is 2. The van der Waals surface area contributed by atoms with Gasteiger partial charge in [-0.05, 0) is 99.8 Å². The first kappa shape index (κ1) is 26.1. The Balaban J connectivity index is 1.42. The van der Waals surface area contributed by atoms with E-state index >= 15 is 4.39 Å². The molecule has 0 spiro atoms. The Morgan fingerprint density at radius 2 is 1.72 bits per heavy atom. The highest BCUT2D eigenvalue weighted by Crippen LogP contribution is 2.48. The first-order valence-corrected chi connectivity index (χ1v) is 12.8. The molecule has 0 bridgehead atoms.